The number of ether oxygens (including phenoxy) is 1. The molecule has 0 saturated carbocycles. The van der Waals surface area contributed by atoms with Gasteiger partial charge in [0.1, 0.15) is 11.5 Å². The number of rotatable bonds is 6. The first kappa shape index (κ1) is 33.1. The second kappa shape index (κ2) is 12.2. The molecular weight excluding hydrogens is 525 g/mol. The van der Waals surface area contributed by atoms with Crippen molar-refractivity contribution in [3.05, 3.63) is 93.0 Å². The number of aryl methyl sites for hydroxylation is 2. The molecule has 0 fully saturated rings. The number of hydrogen-bond acceptors (Lipinski definition) is 5. The van der Waals surface area contributed by atoms with Crippen molar-refractivity contribution in [2.45, 2.75) is 59.0 Å². The topological polar surface area (TPSA) is 113 Å². The van der Waals surface area contributed by atoms with Crippen LogP contribution in [0.15, 0.2) is 48.5 Å². The molecule has 0 aliphatic carbocycles. The molecule has 10 heteroatoms. The van der Waals surface area contributed by atoms with E-state index in [1.54, 1.807) is 31.2 Å². The van der Waals surface area contributed by atoms with Crippen LogP contribution in [0.2, 0.25) is 0 Å². The van der Waals surface area contributed by atoms with Crippen LogP contribution < -0.4 is 63.6 Å². The Hall–Kier alpha value is -1.12. The molecule has 0 spiro atoms. The minimum Gasteiger partial charge on any atom is -0.508 e. The van der Waals surface area contributed by atoms with E-state index in [-0.39, 0.29) is 82.4 Å². The minimum absolute atomic E-state index is 0. The molecule has 0 radical (unpaired) electrons. The average Bonchev–Trinajstić information content (AvgIpc) is 3.05. The molecule has 3 N–H and O–H groups in total. The molecule has 7 nitrogen and oxygen atoms in total. The predicted octanol–water partition coefficient (Wildman–Crippen LogP) is 0.198. The van der Waals surface area contributed by atoms with Gasteiger partial charge in [-0.15, -0.1) is 0 Å². The summed E-state index contributed by atoms with van der Waals surface area (Å²) >= 11 is 0. The molecule has 38 heavy (non-hydrogen) atoms. The summed E-state index contributed by atoms with van der Waals surface area (Å²) in [6.07, 6.45) is 0. The quantitative estimate of drug-likeness (QED) is 0.226. The third-order valence-corrected chi connectivity index (χ3v) is 7.16. The van der Waals surface area contributed by atoms with Crippen LogP contribution in [0.25, 0.3) is 0 Å². The molecule has 0 saturated heterocycles. The van der Waals surface area contributed by atoms with E-state index >= 15 is 0 Å². The predicted molar refractivity (Wildman–Crippen MR) is 137 cm³/mol. The summed E-state index contributed by atoms with van der Waals surface area (Å²) in [5.41, 5.74) is 3.81. The van der Waals surface area contributed by atoms with Crippen molar-refractivity contribution in [3.8, 4) is 11.5 Å². The summed E-state index contributed by atoms with van der Waals surface area (Å²) in [5.74, 6) is -0.352. The molecule has 1 atom stereocenters. The van der Waals surface area contributed by atoms with E-state index in [0.717, 1.165) is 11.1 Å². The summed E-state index contributed by atoms with van der Waals surface area (Å²) in [4.78, 5) is 32.2. The number of esters is 1. The van der Waals surface area contributed by atoms with E-state index in [4.69, 9.17) is 9.26 Å². The van der Waals surface area contributed by atoms with Crippen molar-refractivity contribution >= 4 is 13.8 Å². The molecular formula is C28H31Na2O7P+2. The molecule has 0 bridgehead atoms. The Balaban J connectivity index is 0.00000253. The fraction of sp³-hybridized carbons (Fsp3) is 0.321. The monoisotopic (exact) mass is 556 g/mol. The normalized spacial score (nSPS) is 16.5. The van der Waals surface area contributed by atoms with E-state index in [0.29, 0.717) is 33.4 Å². The Morgan fingerprint density at radius 1 is 0.842 bits per heavy atom. The summed E-state index contributed by atoms with van der Waals surface area (Å²) < 4.78 is 23.0. The van der Waals surface area contributed by atoms with Crippen molar-refractivity contribution in [2.75, 3.05) is 0 Å². The summed E-state index contributed by atoms with van der Waals surface area (Å²) in [5, 5.41) is 10.6. The van der Waals surface area contributed by atoms with Gasteiger partial charge in [0.05, 0.1) is 5.56 Å². The van der Waals surface area contributed by atoms with E-state index < -0.39 is 19.4 Å². The number of fused-ring (bicyclic) bond motifs is 1. The number of benzene rings is 3. The first-order valence-corrected chi connectivity index (χ1v) is 13.4. The van der Waals surface area contributed by atoms with Gasteiger partial charge in [0.25, 0.3) is 0 Å². The molecule has 4 rings (SSSR count). The van der Waals surface area contributed by atoms with Gasteiger partial charge >= 0.3 is 72.9 Å². The smallest absolute Gasteiger partial charge is 0.508 e. The van der Waals surface area contributed by atoms with Crippen molar-refractivity contribution in [2.24, 2.45) is 0 Å². The van der Waals surface area contributed by atoms with Crippen molar-refractivity contribution in [1.82, 2.24) is 0 Å². The number of phenols is 1. The fourth-order valence-electron chi connectivity index (χ4n) is 5.05. The molecule has 3 aromatic rings. The Kier molecular flexibility index (Phi) is 10.6. The van der Waals surface area contributed by atoms with Gasteiger partial charge in [-0.1, -0.05) is 45.9 Å². The van der Waals surface area contributed by atoms with Crippen LogP contribution in [0.5, 0.6) is 11.5 Å². The molecule has 1 heterocycles. The molecule has 3 aromatic carbocycles. The Morgan fingerprint density at radius 2 is 1.37 bits per heavy atom. The second-order valence-electron chi connectivity index (χ2n) is 9.94. The van der Waals surface area contributed by atoms with Gasteiger partial charge in [-0.3, -0.25) is 9.79 Å². The Labute approximate surface area is 267 Å². The number of hydrogen-bond donors (Lipinski definition) is 3. The molecule has 190 valence electrons. The first-order valence-electron chi connectivity index (χ1n) is 11.8. The number of aromatic hydroxyl groups is 1. The van der Waals surface area contributed by atoms with Crippen LogP contribution in [0.1, 0.15) is 88.8 Å². The molecule has 1 aliphatic rings. The minimum atomic E-state index is -4.80. The number of phosphoric acid groups is 1. The van der Waals surface area contributed by atoms with Gasteiger partial charge in [-0.25, -0.2) is 9.36 Å². The van der Waals surface area contributed by atoms with Gasteiger partial charge in [-0.05, 0) is 78.3 Å². The molecule has 1 aliphatic heterocycles. The number of carbonyl (C=O) groups excluding carboxylic acids is 1. The SMILES string of the molecule is Cc1cc(O)c(C(C)C)cc1C1(c2cc(C(C)C)c(OP(=O)(O)O)cc2C)OC(=O)c2ccccc21.[Na+].[Na+]. The summed E-state index contributed by atoms with van der Waals surface area (Å²) in [6, 6.07) is 14.2. The van der Waals surface area contributed by atoms with Crippen LogP contribution >= 0.6 is 7.82 Å². The second-order valence-corrected chi connectivity index (χ2v) is 11.1. The Morgan fingerprint density at radius 3 is 1.92 bits per heavy atom. The number of cyclic esters (lactones) is 1. The van der Waals surface area contributed by atoms with Gasteiger partial charge in [0, 0.05) is 16.7 Å². The zero-order chi connectivity index (χ0) is 26.6. The zero-order valence-corrected chi connectivity index (χ0v) is 28.1. The van der Waals surface area contributed by atoms with Crippen LogP contribution in [0.3, 0.4) is 0 Å². The zero-order valence-electron chi connectivity index (χ0n) is 23.2. The molecule has 0 amide bonds. The largest absolute Gasteiger partial charge is 1.00 e. The number of phenolic OH excluding ortho intramolecular Hbond substituents is 1. The van der Waals surface area contributed by atoms with Crippen molar-refractivity contribution in [1.29, 1.82) is 0 Å². The van der Waals surface area contributed by atoms with Crippen molar-refractivity contribution < 1.29 is 92.6 Å². The first-order chi connectivity index (χ1) is 16.8. The van der Waals surface area contributed by atoms with E-state index in [1.807, 2.05) is 58.9 Å². The van der Waals surface area contributed by atoms with Crippen LogP contribution in [-0.4, -0.2) is 20.9 Å². The Bertz CT molecular complexity index is 1410. The van der Waals surface area contributed by atoms with E-state index in [2.05, 4.69) is 0 Å². The maximum atomic E-state index is 13.2. The average molecular weight is 557 g/mol. The van der Waals surface area contributed by atoms with Crippen molar-refractivity contribution in [3.63, 3.8) is 0 Å². The fourth-order valence-corrected chi connectivity index (χ4v) is 5.46. The summed E-state index contributed by atoms with van der Waals surface area (Å²) in [6.45, 7) is 11.4. The summed E-state index contributed by atoms with van der Waals surface area (Å²) in [7, 11) is -4.80. The number of phosphoric ester groups is 1. The van der Waals surface area contributed by atoms with Gasteiger partial charge < -0.3 is 14.4 Å². The van der Waals surface area contributed by atoms with Gasteiger partial charge in [0.2, 0.25) is 0 Å². The van der Waals surface area contributed by atoms with Gasteiger partial charge in [0.15, 0.2) is 5.60 Å². The van der Waals surface area contributed by atoms with Crippen LogP contribution in [0.4, 0.5) is 0 Å². The van der Waals surface area contributed by atoms with Crippen LogP contribution in [-0.2, 0) is 14.9 Å². The maximum absolute atomic E-state index is 13.2. The van der Waals surface area contributed by atoms with E-state index in [9.17, 15) is 24.3 Å². The molecule has 1 unspecified atom stereocenters. The standard InChI is InChI=1S/C28H31O7P.2Na/c1-15(2)20-13-23(17(5)11-25(20)29)28(22-10-8-7-9-19(22)27(30)34-28)24-14-21(16(3)4)26(12-18(24)6)35-36(31,32)33;;/h7-16,29H,1-6H3,(H2,31,32,33);;/q;2*+1. The third-order valence-electron chi connectivity index (χ3n) is 6.72. The third kappa shape index (κ3) is 5.97. The number of carbonyl (C=O) groups is 1. The van der Waals surface area contributed by atoms with Gasteiger partial charge in [-0.2, -0.15) is 0 Å². The van der Waals surface area contributed by atoms with E-state index in [1.165, 1.54) is 0 Å². The van der Waals surface area contributed by atoms with Crippen LogP contribution in [0, 0.1) is 13.8 Å². The molecule has 0 aromatic heterocycles. The maximum Gasteiger partial charge on any atom is 1.00 e.